The standard InChI is InChI=1S/C16H9Cl2FN2O/c17-11-4-1-3-10(7-11)15-14(9-22)16(18)21(20-15)13-6-2-5-12(19)8-13/h1-9H. The summed E-state index contributed by atoms with van der Waals surface area (Å²) < 4.78 is 14.7. The number of aromatic nitrogens is 2. The third kappa shape index (κ3) is 2.63. The molecule has 0 N–H and O–H groups in total. The SMILES string of the molecule is O=Cc1c(-c2cccc(Cl)c2)nn(-c2cccc(F)c2)c1Cl. The Kier molecular flexibility index (Phi) is 3.96. The maximum Gasteiger partial charge on any atom is 0.155 e. The van der Waals surface area contributed by atoms with Gasteiger partial charge in [0.25, 0.3) is 0 Å². The molecule has 0 aliphatic heterocycles. The van der Waals surface area contributed by atoms with Crippen molar-refractivity contribution >= 4 is 29.5 Å². The van der Waals surface area contributed by atoms with E-state index in [1.54, 1.807) is 36.4 Å². The van der Waals surface area contributed by atoms with Crippen LogP contribution in [0.3, 0.4) is 0 Å². The highest BCUT2D eigenvalue weighted by atomic mass is 35.5. The number of hydrogen-bond acceptors (Lipinski definition) is 2. The molecule has 0 spiro atoms. The average Bonchev–Trinajstić information content (AvgIpc) is 2.84. The van der Waals surface area contributed by atoms with E-state index in [4.69, 9.17) is 23.2 Å². The number of hydrogen-bond donors (Lipinski definition) is 0. The van der Waals surface area contributed by atoms with Crippen LogP contribution >= 0.6 is 23.2 Å². The number of halogens is 3. The van der Waals surface area contributed by atoms with Crippen LogP contribution in [0.15, 0.2) is 48.5 Å². The van der Waals surface area contributed by atoms with Crippen LogP contribution in [0.5, 0.6) is 0 Å². The molecule has 0 fully saturated rings. The fraction of sp³-hybridized carbons (Fsp3) is 0. The zero-order valence-corrected chi connectivity index (χ0v) is 12.6. The highest BCUT2D eigenvalue weighted by Gasteiger charge is 2.18. The molecule has 0 amide bonds. The number of nitrogens with zero attached hydrogens (tertiary/aromatic N) is 2. The molecule has 0 saturated carbocycles. The maximum atomic E-state index is 13.4. The van der Waals surface area contributed by atoms with Crippen molar-refractivity contribution in [2.75, 3.05) is 0 Å². The molecule has 1 heterocycles. The third-order valence-corrected chi connectivity index (χ3v) is 3.73. The van der Waals surface area contributed by atoms with Crippen molar-refractivity contribution < 1.29 is 9.18 Å². The maximum absolute atomic E-state index is 13.4. The molecule has 0 saturated heterocycles. The molecule has 22 heavy (non-hydrogen) atoms. The Hall–Kier alpha value is -2.17. The van der Waals surface area contributed by atoms with Crippen LogP contribution < -0.4 is 0 Å². The van der Waals surface area contributed by atoms with E-state index in [0.29, 0.717) is 28.3 Å². The van der Waals surface area contributed by atoms with Crippen LogP contribution in [0, 0.1) is 5.82 Å². The molecule has 3 nitrogen and oxygen atoms in total. The average molecular weight is 335 g/mol. The van der Waals surface area contributed by atoms with Crippen molar-refractivity contribution in [3.63, 3.8) is 0 Å². The number of carbonyl (C=O) groups excluding carboxylic acids is 1. The van der Waals surface area contributed by atoms with Crippen LogP contribution in [-0.2, 0) is 0 Å². The van der Waals surface area contributed by atoms with Crippen LogP contribution in [0.1, 0.15) is 10.4 Å². The lowest BCUT2D eigenvalue weighted by Gasteiger charge is -2.02. The van der Waals surface area contributed by atoms with Gasteiger partial charge in [-0.3, -0.25) is 4.79 Å². The Morgan fingerprint density at radius 1 is 1.09 bits per heavy atom. The molecule has 0 atom stereocenters. The summed E-state index contributed by atoms with van der Waals surface area (Å²) in [4.78, 5) is 11.4. The third-order valence-electron chi connectivity index (χ3n) is 3.13. The second kappa shape index (κ2) is 5.91. The molecule has 3 aromatic rings. The number of carbonyl (C=O) groups is 1. The quantitative estimate of drug-likeness (QED) is 0.645. The molecule has 0 bridgehead atoms. The van der Waals surface area contributed by atoms with Gasteiger partial charge in [0.1, 0.15) is 16.7 Å². The number of rotatable bonds is 3. The van der Waals surface area contributed by atoms with Gasteiger partial charge < -0.3 is 0 Å². The fourth-order valence-electron chi connectivity index (χ4n) is 2.14. The minimum absolute atomic E-state index is 0.121. The largest absolute Gasteiger partial charge is 0.298 e. The molecule has 3 rings (SSSR count). The first-order valence-electron chi connectivity index (χ1n) is 6.35. The van der Waals surface area contributed by atoms with Gasteiger partial charge in [-0.15, -0.1) is 0 Å². The Labute approximate surface area is 135 Å². The first kappa shape index (κ1) is 14.8. The van der Waals surface area contributed by atoms with Crippen LogP contribution in [0.2, 0.25) is 10.2 Å². The van der Waals surface area contributed by atoms with Gasteiger partial charge in [-0.05, 0) is 30.3 Å². The second-order valence-corrected chi connectivity index (χ2v) is 5.37. The molecule has 0 unspecified atom stereocenters. The van der Waals surface area contributed by atoms with Gasteiger partial charge in [0.15, 0.2) is 6.29 Å². The molecule has 6 heteroatoms. The van der Waals surface area contributed by atoms with Crippen molar-refractivity contribution in [3.8, 4) is 16.9 Å². The van der Waals surface area contributed by atoms with Crippen molar-refractivity contribution in [1.82, 2.24) is 9.78 Å². The van der Waals surface area contributed by atoms with E-state index in [1.165, 1.54) is 16.8 Å². The van der Waals surface area contributed by atoms with Crippen LogP contribution in [0.4, 0.5) is 4.39 Å². The predicted molar refractivity (Wildman–Crippen MR) is 84.4 cm³/mol. The zero-order chi connectivity index (χ0) is 15.7. The van der Waals surface area contributed by atoms with Crippen LogP contribution in [-0.4, -0.2) is 16.1 Å². The van der Waals surface area contributed by atoms with E-state index >= 15 is 0 Å². The predicted octanol–water partition coefficient (Wildman–Crippen LogP) is 4.80. The molecule has 0 radical (unpaired) electrons. The smallest absolute Gasteiger partial charge is 0.155 e. The molecule has 2 aromatic carbocycles. The minimum Gasteiger partial charge on any atom is -0.298 e. The summed E-state index contributed by atoms with van der Waals surface area (Å²) in [6, 6.07) is 12.7. The van der Waals surface area contributed by atoms with Crippen LogP contribution in [0.25, 0.3) is 16.9 Å². The Morgan fingerprint density at radius 2 is 1.86 bits per heavy atom. The normalized spacial score (nSPS) is 10.7. The van der Waals surface area contributed by atoms with E-state index in [9.17, 15) is 9.18 Å². The summed E-state index contributed by atoms with van der Waals surface area (Å²) in [5.74, 6) is -0.416. The van der Waals surface area contributed by atoms with Gasteiger partial charge >= 0.3 is 0 Å². The summed E-state index contributed by atoms with van der Waals surface area (Å²) in [6.07, 6.45) is 0.626. The first-order valence-corrected chi connectivity index (χ1v) is 7.11. The number of benzene rings is 2. The van der Waals surface area contributed by atoms with Gasteiger partial charge in [-0.2, -0.15) is 5.10 Å². The summed E-state index contributed by atoms with van der Waals surface area (Å²) in [5, 5.41) is 4.97. The molecular formula is C16H9Cl2FN2O. The Morgan fingerprint density at radius 3 is 2.55 bits per heavy atom. The minimum atomic E-state index is -0.416. The molecular weight excluding hydrogens is 326 g/mol. The highest BCUT2D eigenvalue weighted by Crippen LogP contribution is 2.30. The topological polar surface area (TPSA) is 34.9 Å². The van der Waals surface area contributed by atoms with Gasteiger partial charge in [0, 0.05) is 10.6 Å². The lowest BCUT2D eigenvalue weighted by atomic mass is 10.1. The Balaban J connectivity index is 2.21. The van der Waals surface area contributed by atoms with E-state index in [1.807, 2.05) is 0 Å². The van der Waals surface area contributed by atoms with E-state index in [-0.39, 0.29) is 10.7 Å². The zero-order valence-electron chi connectivity index (χ0n) is 11.1. The molecule has 110 valence electrons. The van der Waals surface area contributed by atoms with E-state index < -0.39 is 5.82 Å². The monoisotopic (exact) mass is 334 g/mol. The lowest BCUT2D eigenvalue weighted by molar-refractivity contribution is 0.112. The summed E-state index contributed by atoms with van der Waals surface area (Å²) in [5.41, 5.74) is 1.72. The van der Waals surface area contributed by atoms with E-state index in [0.717, 1.165) is 0 Å². The molecule has 0 aliphatic carbocycles. The molecule has 1 aromatic heterocycles. The van der Waals surface area contributed by atoms with Crippen molar-refractivity contribution in [3.05, 3.63) is 70.1 Å². The van der Waals surface area contributed by atoms with Crippen molar-refractivity contribution in [2.45, 2.75) is 0 Å². The van der Waals surface area contributed by atoms with Gasteiger partial charge in [-0.1, -0.05) is 41.4 Å². The lowest BCUT2D eigenvalue weighted by Crippen LogP contribution is -1.97. The fourth-order valence-corrected chi connectivity index (χ4v) is 2.60. The first-order chi connectivity index (χ1) is 10.6. The highest BCUT2D eigenvalue weighted by molar-refractivity contribution is 6.33. The van der Waals surface area contributed by atoms with Crippen molar-refractivity contribution in [1.29, 1.82) is 0 Å². The van der Waals surface area contributed by atoms with Gasteiger partial charge in [0.2, 0.25) is 0 Å². The summed E-state index contributed by atoms with van der Waals surface area (Å²) in [6.45, 7) is 0. The number of aldehydes is 1. The van der Waals surface area contributed by atoms with E-state index in [2.05, 4.69) is 5.10 Å². The summed E-state index contributed by atoms with van der Waals surface area (Å²) in [7, 11) is 0. The molecule has 0 aliphatic rings. The Bertz CT molecular complexity index is 861. The van der Waals surface area contributed by atoms with Gasteiger partial charge in [0.05, 0.1) is 11.3 Å². The van der Waals surface area contributed by atoms with Crippen molar-refractivity contribution in [2.24, 2.45) is 0 Å². The van der Waals surface area contributed by atoms with Gasteiger partial charge in [-0.25, -0.2) is 9.07 Å². The second-order valence-electron chi connectivity index (χ2n) is 4.57. The summed E-state index contributed by atoms with van der Waals surface area (Å²) >= 11 is 12.2.